The van der Waals surface area contributed by atoms with Crippen molar-refractivity contribution in [3.05, 3.63) is 36.4 Å². The maximum absolute atomic E-state index is 12.9. The molecule has 0 bridgehead atoms. The molecule has 0 aliphatic heterocycles. The molecule has 0 radical (unpaired) electrons. The van der Waals surface area contributed by atoms with Crippen molar-refractivity contribution in [2.45, 2.75) is 43.8 Å². The van der Waals surface area contributed by atoms with Crippen LogP contribution in [0.2, 0.25) is 0 Å². The second-order valence-electron chi connectivity index (χ2n) is 7.85. The number of carbonyl (C=O) groups excluding carboxylic acids is 3. The SMILES string of the molecule is NC(N)=NCCCC(NC(=O)C(Cc1cnc[nH]1)NC(=O)CNC(=O)C(N)Cc1cnc[nH]1)C(=O)O. The van der Waals surface area contributed by atoms with E-state index in [2.05, 4.69) is 40.9 Å². The van der Waals surface area contributed by atoms with Gasteiger partial charge in [-0.25, -0.2) is 14.8 Å². The van der Waals surface area contributed by atoms with Gasteiger partial charge in [-0.2, -0.15) is 0 Å². The summed E-state index contributed by atoms with van der Waals surface area (Å²) >= 11 is 0. The van der Waals surface area contributed by atoms with Crippen LogP contribution in [0.25, 0.3) is 0 Å². The summed E-state index contributed by atoms with van der Waals surface area (Å²) in [7, 11) is 0. The normalized spacial score (nSPS) is 13.1. The Kier molecular flexibility index (Phi) is 10.8. The number of guanidine groups is 1. The van der Waals surface area contributed by atoms with Crippen molar-refractivity contribution in [3.63, 3.8) is 0 Å². The van der Waals surface area contributed by atoms with Gasteiger partial charge in [0.25, 0.3) is 0 Å². The first kappa shape index (κ1) is 27.8. The van der Waals surface area contributed by atoms with Crippen LogP contribution >= 0.6 is 0 Å². The molecule has 0 saturated heterocycles. The summed E-state index contributed by atoms with van der Waals surface area (Å²) in [6.45, 7) is -0.248. The third-order valence-electron chi connectivity index (χ3n) is 4.95. The first-order valence-electron chi connectivity index (χ1n) is 11.0. The highest BCUT2D eigenvalue weighted by Crippen LogP contribution is 2.03. The quantitative estimate of drug-likeness (QED) is 0.0653. The van der Waals surface area contributed by atoms with E-state index < -0.39 is 48.4 Å². The molecule has 3 amide bonds. The lowest BCUT2D eigenvalue weighted by Gasteiger charge is -2.21. The van der Waals surface area contributed by atoms with Crippen molar-refractivity contribution in [2.24, 2.45) is 22.2 Å². The Morgan fingerprint density at radius 1 is 0.972 bits per heavy atom. The molecule has 16 nitrogen and oxygen atoms in total. The number of carboxylic acids is 1. The minimum Gasteiger partial charge on any atom is -0.480 e. The zero-order chi connectivity index (χ0) is 26.5. The number of aliphatic imine (C=N–C) groups is 1. The predicted molar refractivity (Wildman–Crippen MR) is 127 cm³/mol. The average molecular weight is 506 g/mol. The van der Waals surface area contributed by atoms with Gasteiger partial charge in [-0.05, 0) is 12.8 Å². The number of H-pyrrole nitrogens is 2. The molecule has 2 heterocycles. The summed E-state index contributed by atoms with van der Waals surface area (Å²) in [5, 5.41) is 16.8. The van der Waals surface area contributed by atoms with Crippen LogP contribution in [0.15, 0.2) is 30.0 Å². The van der Waals surface area contributed by atoms with E-state index in [0.29, 0.717) is 17.8 Å². The minimum absolute atomic E-state index is 0.00516. The van der Waals surface area contributed by atoms with Gasteiger partial charge in [-0.3, -0.25) is 19.4 Å². The number of amides is 3. The maximum atomic E-state index is 12.9. The molecule has 3 unspecified atom stereocenters. The summed E-state index contributed by atoms with van der Waals surface area (Å²) in [6, 6.07) is -3.29. The monoisotopic (exact) mass is 505 g/mol. The van der Waals surface area contributed by atoms with E-state index in [1.165, 1.54) is 25.0 Å². The molecule has 196 valence electrons. The van der Waals surface area contributed by atoms with E-state index >= 15 is 0 Å². The molecular weight excluding hydrogens is 474 g/mol. The standard InChI is InChI=1S/C20H31N11O5/c21-13(4-11-6-24-9-28-11)17(33)27-8-16(32)30-15(5-12-7-25-10-29-12)18(34)31-14(19(35)36)2-1-3-26-20(22)23/h6-7,9-10,13-15H,1-5,8,21H2,(H,24,28)(H,25,29)(H,27,33)(H,30,32)(H,31,34)(H,35,36)(H4,22,23,26). The van der Waals surface area contributed by atoms with Gasteiger partial charge in [0, 0.05) is 43.2 Å². The van der Waals surface area contributed by atoms with Crippen molar-refractivity contribution < 1.29 is 24.3 Å². The Morgan fingerprint density at radius 2 is 1.61 bits per heavy atom. The summed E-state index contributed by atoms with van der Waals surface area (Å²) in [4.78, 5) is 66.3. The Labute approximate surface area is 205 Å². The third-order valence-corrected chi connectivity index (χ3v) is 4.95. The number of nitrogens with one attached hydrogen (secondary N) is 5. The van der Waals surface area contributed by atoms with E-state index in [-0.39, 0.29) is 31.8 Å². The number of carboxylic acid groups (broad SMARTS) is 1. The van der Waals surface area contributed by atoms with Crippen LogP contribution in [0.1, 0.15) is 24.2 Å². The molecule has 3 atom stereocenters. The summed E-state index contributed by atoms with van der Waals surface area (Å²) < 4.78 is 0. The van der Waals surface area contributed by atoms with E-state index in [9.17, 15) is 24.3 Å². The van der Waals surface area contributed by atoms with Crippen LogP contribution in [-0.4, -0.2) is 85.9 Å². The van der Waals surface area contributed by atoms with Crippen molar-refractivity contribution in [3.8, 4) is 0 Å². The first-order valence-corrected chi connectivity index (χ1v) is 11.0. The number of aromatic nitrogens is 4. The highest BCUT2D eigenvalue weighted by atomic mass is 16.4. The van der Waals surface area contributed by atoms with Gasteiger partial charge >= 0.3 is 5.97 Å². The molecule has 0 spiro atoms. The molecule has 12 N–H and O–H groups in total. The van der Waals surface area contributed by atoms with Crippen LogP contribution in [0.5, 0.6) is 0 Å². The summed E-state index contributed by atoms with van der Waals surface area (Å²) in [6.07, 6.45) is 6.42. The molecule has 0 fully saturated rings. The number of nitrogens with zero attached hydrogens (tertiary/aromatic N) is 3. The summed E-state index contributed by atoms with van der Waals surface area (Å²) in [5.41, 5.74) is 17.5. The summed E-state index contributed by atoms with van der Waals surface area (Å²) in [5.74, 6) is -3.34. The zero-order valence-corrected chi connectivity index (χ0v) is 19.4. The van der Waals surface area contributed by atoms with Gasteiger partial charge < -0.3 is 48.2 Å². The van der Waals surface area contributed by atoms with Crippen molar-refractivity contribution in [2.75, 3.05) is 13.1 Å². The molecule has 2 aromatic rings. The van der Waals surface area contributed by atoms with Crippen molar-refractivity contribution in [1.29, 1.82) is 0 Å². The lowest BCUT2D eigenvalue weighted by atomic mass is 10.1. The average Bonchev–Trinajstić information content (AvgIpc) is 3.53. The number of rotatable bonds is 15. The Bertz CT molecular complexity index is 1020. The molecule has 36 heavy (non-hydrogen) atoms. The van der Waals surface area contributed by atoms with E-state index in [1.807, 2.05) is 0 Å². The number of hydrogen-bond acceptors (Lipinski definition) is 8. The van der Waals surface area contributed by atoms with E-state index in [4.69, 9.17) is 17.2 Å². The highest BCUT2D eigenvalue weighted by Gasteiger charge is 2.27. The molecule has 2 aromatic heterocycles. The highest BCUT2D eigenvalue weighted by molar-refractivity contribution is 5.92. The molecule has 0 aromatic carbocycles. The number of carbonyl (C=O) groups is 4. The number of nitrogens with two attached hydrogens (primary N) is 3. The van der Waals surface area contributed by atoms with Crippen LogP contribution in [-0.2, 0) is 32.0 Å². The van der Waals surface area contributed by atoms with Crippen LogP contribution in [0, 0.1) is 0 Å². The maximum Gasteiger partial charge on any atom is 0.326 e. The zero-order valence-electron chi connectivity index (χ0n) is 19.4. The molecule has 0 saturated carbocycles. The van der Waals surface area contributed by atoms with E-state index in [1.54, 1.807) is 0 Å². The van der Waals surface area contributed by atoms with Crippen LogP contribution < -0.4 is 33.2 Å². The Balaban J connectivity index is 1.94. The second kappa shape index (κ2) is 14.1. The van der Waals surface area contributed by atoms with Gasteiger partial charge in [0.15, 0.2) is 5.96 Å². The molecular formula is C20H31N11O5. The number of hydrogen-bond donors (Lipinski definition) is 9. The van der Waals surface area contributed by atoms with Crippen molar-refractivity contribution in [1.82, 2.24) is 35.9 Å². The number of imidazole rings is 2. The fourth-order valence-corrected chi connectivity index (χ4v) is 3.13. The number of aromatic amines is 2. The smallest absolute Gasteiger partial charge is 0.326 e. The fourth-order valence-electron chi connectivity index (χ4n) is 3.13. The molecule has 16 heteroatoms. The van der Waals surface area contributed by atoms with Crippen molar-refractivity contribution >= 4 is 29.7 Å². The lowest BCUT2D eigenvalue weighted by molar-refractivity contribution is -0.142. The van der Waals surface area contributed by atoms with Gasteiger partial charge in [0.05, 0.1) is 25.2 Å². The van der Waals surface area contributed by atoms with E-state index in [0.717, 1.165) is 0 Å². The van der Waals surface area contributed by atoms with Gasteiger partial charge in [0.1, 0.15) is 12.1 Å². The largest absolute Gasteiger partial charge is 0.480 e. The predicted octanol–water partition coefficient (Wildman–Crippen LogP) is -3.53. The van der Waals surface area contributed by atoms with Crippen LogP contribution in [0.3, 0.4) is 0 Å². The minimum atomic E-state index is -1.25. The molecule has 0 aliphatic carbocycles. The van der Waals surface area contributed by atoms with Gasteiger partial charge in [0.2, 0.25) is 17.7 Å². The molecule has 0 aliphatic rings. The van der Waals surface area contributed by atoms with Gasteiger partial charge in [-0.15, -0.1) is 0 Å². The lowest BCUT2D eigenvalue weighted by Crippen LogP contribution is -2.54. The van der Waals surface area contributed by atoms with Crippen LogP contribution in [0.4, 0.5) is 0 Å². The Hall–Kier alpha value is -4.47. The topological polar surface area (TPSA) is 272 Å². The number of aliphatic carboxylic acids is 1. The Morgan fingerprint density at radius 3 is 2.17 bits per heavy atom. The van der Waals surface area contributed by atoms with Gasteiger partial charge in [-0.1, -0.05) is 0 Å². The fraction of sp³-hybridized carbons (Fsp3) is 0.450. The first-order chi connectivity index (χ1) is 17.2. The third kappa shape index (κ3) is 9.80. The second-order valence-corrected chi connectivity index (χ2v) is 7.85. The molecule has 2 rings (SSSR count).